The largest absolute Gasteiger partial charge is 0.471 e. The minimum absolute atomic E-state index is 0.00129. The van der Waals surface area contributed by atoms with Crippen molar-refractivity contribution in [1.29, 1.82) is 0 Å². The van der Waals surface area contributed by atoms with E-state index in [-0.39, 0.29) is 30.0 Å². The number of para-hydroxylation sites is 1. The number of methoxy groups -OCH3 is 1. The summed E-state index contributed by atoms with van der Waals surface area (Å²) in [6.07, 6.45) is -2.54. The van der Waals surface area contributed by atoms with Crippen molar-refractivity contribution < 1.29 is 27.5 Å². The molecule has 0 aromatic heterocycles. The highest BCUT2D eigenvalue weighted by Gasteiger charge is 2.45. The highest BCUT2D eigenvalue weighted by molar-refractivity contribution is 5.97. The Balaban J connectivity index is 1.61. The van der Waals surface area contributed by atoms with Crippen molar-refractivity contribution in [1.82, 2.24) is 0 Å². The minimum Gasteiger partial charge on any atom is -0.469 e. The fraction of sp³-hybridized carbons (Fsp3) is 0.391. The third-order valence-corrected chi connectivity index (χ3v) is 5.91. The number of rotatable bonds is 5. The second-order valence-corrected chi connectivity index (χ2v) is 7.93. The molecular formula is C23H23F3N2O3. The number of carbonyl (C=O) groups excluding carboxylic acids is 2. The summed E-state index contributed by atoms with van der Waals surface area (Å²) in [7, 11) is 1.33. The van der Waals surface area contributed by atoms with Crippen molar-refractivity contribution in [2.75, 3.05) is 23.9 Å². The van der Waals surface area contributed by atoms with E-state index in [9.17, 15) is 22.8 Å². The standard InChI is InChI=1S/C23H23F3N2O3/c1-31-21(29)19-12-18(19)14-7-9-17(10-8-14)28(22(30)23(24,25)26)13-16-5-2-4-15-6-3-11-27-20(15)16/h2,4-5,7-10,18-19,27H,3,6,11-13H2,1H3/t18-,19+/m0/s1. The fourth-order valence-corrected chi connectivity index (χ4v) is 4.19. The highest BCUT2D eigenvalue weighted by atomic mass is 19.4. The summed E-state index contributed by atoms with van der Waals surface area (Å²) in [4.78, 5) is 24.7. The lowest BCUT2D eigenvalue weighted by molar-refractivity contribution is -0.170. The van der Waals surface area contributed by atoms with E-state index in [2.05, 4.69) is 5.32 Å². The molecule has 31 heavy (non-hydrogen) atoms. The number of aryl methyl sites for hydroxylation is 1. The summed E-state index contributed by atoms with van der Waals surface area (Å²) in [5.74, 6) is -2.42. The first kappa shape index (κ1) is 21.2. The topological polar surface area (TPSA) is 58.6 Å². The molecule has 2 aromatic rings. The van der Waals surface area contributed by atoms with Gasteiger partial charge < -0.3 is 15.0 Å². The molecule has 1 aliphatic heterocycles. The molecule has 2 aliphatic rings. The van der Waals surface area contributed by atoms with Gasteiger partial charge in [-0.15, -0.1) is 0 Å². The quantitative estimate of drug-likeness (QED) is 0.711. The number of esters is 1. The molecule has 0 bridgehead atoms. The molecule has 0 unspecified atom stereocenters. The number of nitrogens with one attached hydrogen (secondary N) is 1. The molecule has 8 heteroatoms. The Bertz CT molecular complexity index is 989. The smallest absolute Gasteiger partial charge is 0.469 e. The van der Waals surface area contributed by atoms with Crippen LogP contribution in [0, 0.1) is 5.92 Å². The van der Waals surface area contributed by atoms with Gasteiger partial charge in [0.05, 0.1) is 19.6 Å². The van der Waals surface area contributed by atoms with Gasteiger partial charge in [0.15, 0.2) is 0 Å². The average molecular weight is 432 g/mol. The third-order valence-electron chi connectivity index (χ3n) is 5.91. The number of nitrogens with zero attached hydrogens (tertiary/aromatic N) is 1. The number of hydrogen-bond acceptors (Lipinski definition) is 4. The normalized spacial score (nSPS) is 19.7. The van der Waals surface area contributed by atoms with E-state index in [1.54, 1.807) is 24.3 Å². The van der Waals surface area contributed by atoms with E-state index in [0.717, 1.165) is 41.1 Å². The molecule has 164 valence electrons. The van der Waals surface area contributed by atoms with Gasteiger partial charge in [0.1, 0.15) is 0 Å². The van der Waals surface area contributed by atoms with E-state index in [1.165, 1.54) is 19.2 Å². The van der Waals surface area contributed by atoms with Crippen LogP contribution in [0.2, 0.25) is 0 Å². The Labute approximate surface area is 178 Å². The van der Waals surface area contributed by atoms with Gasteiger partial charge in [-0.2, -0.15) is 13.2 Å². The number of fused-ring (bicyclic) bond motifs is 1. The number of halogens is 3. The molecule has 0 saturated heterocycles. The highest BCUT2D eigenvalue weighted by Crippen LogP contribution is 2.48. The van der Waals surface area contributed by atoms with Crippen molar-refractivity contribution in [2.45, 2.75) is 37.9 Å². The zero-order chi connectivity index (χ0) is 22.2. The van der Waals surface area contributed by atoms with Gasteiger partial charge in [-0.1, -0.05) is 30.3 Å². The zero-order valence-electron chi connectivity index (χ0n) is 17.0. The number of alkyl halides is 3. The van der Waals surface area contributed by atoms with Gasteiger partial charge in [-0.3, -0.25) is 9.59 Å². The van der Waals surface area contributed by atoms with Gasteiger partial charge in [-0.05, 0) is 54.0 Å². The van der Waals surface area contributed by atoms with Crippen molar-refractivity contribution in [2.24, 2.45) is 5.92 Å². The Morgan fingerprint density at radius 3 is 2.58 bits per heavy atom. The maximum Gasteiger partial charge on any atom is 0.471 e. The molecule has 1 N–H and O–H groups in total. The Hall–Kier alpha value is -3.03. The first-order valence-electron chi connectivity index (χ1n) is 10.2. The molecule has 4 rings (SSSR count). The first-order chi connectivity index (χ1) is 14.8. The average Bonchev–Trinajstić information content (AvgIpc) is 3.57. The van der Waals surface area contributed by atoms with E-state index in [4.69, 9.17) is 4.74 Å². The van der Waals surface area contributed by atoms with E-state index in [0.29, 0.717) is 12.0 Å². The van der Waals surface area contributed by atoms with Crippen LogP contribution < -0.4 is 10.2 Å². The van der Waals surface area contributed by atoms with Crippen LogP contribution in [0.15, 0.2) is 42.5 Å². The Morgan fingerprint density at radius 1 is 1.16 bits per heavy atom. The van der Waals surface area contributed by atoms with Gasteiger partial charge in [0.25, 0.3) is 0 Å². The maximum absolute atomic E-state index is 13.4. The van der Waals surface area contributed by atoms with Crippen LogP contribution in [0.25, 0.3) is 0 Å². The second kappa shape index (κ2) is 8.24. The molecule has 2 atom stereocenters. The number of anilines is 2. The minimum atomic E-state index is -4.99. The number of carbonyl (C=O) groups is 2. The number of ether oxygens (including phenoxy) is 1. The van der Waals surface area contributed by atoms with Crippen molar-refractivity contribution in [3.63, 3.8) is 0 Å². The van der Waals surface area contributed by atoms with Crippen molar-refractivity contribution in [3.05, 3.63) is 59.2 Å². The molecule has 1 saturated carbocycles. The molecule has 0 spiro atoms. The third kappa shape index (κ3) is 4.38. The first-order valence-corrected chi connectivity index (χ1v) is 10.2. The molecular weight excluding hydrogens is 409 g/mol. The van der Waals surface area contributed by atoms with E-state index < -0.39 is 12.1 Å². The summed E-state index contributed by atoms with van der Waals surface area (Å²) >= 11 is 0. The number of amides is 1. The van der Waals surface area contributed by atoms with Crippen LogP contribution in [-0.2, 0) is 27.3 Å². The maximum atomic E-state index is 13.4. The van der Waals surface area contributed by atoms with Crippen LogP contribution in [0.5, 0.6) is 0 Å². The van der Waals surface area contributed by atoms with Gasteiger partial charge in [-0.25, -0.2) is 0 Å². The summed E-state index contributed by atoms with van der Waals surface area (Å²) in [6.45, 7) is 0.552. The van der Waals surface area contributed by atoms with Gasteiger partial charge in [0, 0.05) is 17.9 Å². The fourth-order valence-electron chi connectivity index (χ4n) is 4.19. The van der Waals surface area contributed by atoms with Crippen LogP contribution in [0.1, 0.15) is 35.4 Å². The van der Waals surface area contributed by atoms with E-state index >= 15 is 0 Å². The molecule has 0 radical (unpaired) electrons. The van der Waals surface area contributed by atoms with Crippen LogP contribution >= 0.6 is 0 Å². The van der Waals surface area contributed by atoms with Crippen molar-refractivity contribution >= 4 is 23.3 Å². The monoisotopic (exact) mass is 432 g/mol. The Morgan fingerprint density at radius 2 is 1.90 bits per heavy atom. The van der Waals surface area contributed by atoms with Crippen molar-refractivity contribution in [3.8, 4) is 0 Å². The number of benzene rings is 2. The van der Waals surface area contributed by atoms with Crippen LogP contribution in [-0.4, -0.2) is 31.7 Å². The predicted octanol–water partition coefficient (Wildman–Crippen LogP) is 4.42. The molecule has 1 fully saturated rings. The summed E-state index contributed by atoms with van der Waals surface area (Å²) in [5.41, 5.74) is 3.50. The van der Waals surface area contributed by atoms with Gasteiger partial charge >= 0.3 is 18.1 Å². The lowest BCUT2D eigenvalue weighted by atomic mass is 9.99. The van der Waals surface area contributed by atoms with Gasteiger partial charge in [0.2, 0.25) is 0 Å². The van der Waals surface area contributed by atoms with Crippen LogP contribution in [0.3, 0.4) is 0 Å². The molecule has 1 amide bonds. The second-order valence-electron chi connectivity index (χ2n) is 7.93. The molecule has 5 nitrogen and oxygen atoms in total. The SMILES string of the molecule is COC(=O)[C@@H]1C[C@H]1c1ccc(N(Cc2cccc3c2NCCC3)C(=O)C(F)(F)F)cc1. The number of hydrogen-bond donors (Lipinski definition) is 1. The van der Waals surface area contributed by atoms with E-state index in [1.807, 2.05) is 6.07 Å². The lowest BCUT2D eigenvalue weighted by Gasteiger charge is -2.27. The Kier molecular flexibility index (Phi) is 5.64. The van der Waals surface area contributed by atoms with Crippen LogP contribution in [0.4, 0.5) is 24.5 Å². The molecule has 1 heterocycles. The summed E-state index contributed by atoms with van der Waals surface area (Å²) in [5, 5.41) is 3.26. The molecule has 2 aromatic carbocycles. The summed E-state index contributed by atoms with van der Waals surface area (Å²) < 4.78 is 44.8. The zero-order valence-corrected chi connectivity index (χ0v) is 17.0. The lowest BCUT2D eigenvalue weighted by Crippen LogP contribution is -2.41. The predicted molar refractivity (Wildman–Crippen MR) is 110 cm³/mol. The molecule has 1 aliphatic carbocycles. The summed E-state index contributed by atoms with van der Waals surface area (Å²) in [6, 6.07) is 11.9.